The van der Waals surface area contributed by atoms with E-state index in [2.05, 4.69) is 28.3 Å². The summed E-state index contributed by atoms with van der Waals surface area (Å²) in [6, 6.07) is 13.4. The smallest absolute Gasteiger partial charge is 0.228 e. The van der Waals surface area contributed by atoms with Gasteiger partial charge < -0.3 is 19.4 Å². The van der Waals surface area contributed by atoms with E-state index in [-0.39, 0.29) is 5.91 Å². The van der Waals surface area contributed by atoms with Gasteiger partial charge in [-0.2, -0.15) is 0 Å². The summed E-state index contributed by atoms with van der Waals surface area (Å²) < 4.78 is 11.2. The van der Waals surface area contributed by atoms with Gasteiger partial charge in [0, 0.05) is 40.6 Å². The lowest BCUT2D eigenvalue weighted by molar-refractivity contribution is -0.131. The molecule has 0 aliphatic carbocycles. The van der Waals surface area contributed by atoms with Crippen LogP contribution in [0.25, 0.3) is 10.9 Å². The number of piperidine rings is 1. The van der Waals surface area contributed by atoms with Crippen molar-refractivity contribution in [2.75, 3.05) is 20.2 Å². The monoisotopic (exact) mass is 495 g/mol. The van der Waals surface area contributed by atoms with Crippen molar-refractivity contribution in [2.45, 2.75) is 31.8 Å². The third kappa shape index (κ3) is 5.05. The number of methoxy groups -OCH3 is 1. The Morgan fingerprint density at radius 2 is 1.94 bits per heavy atom. The van der Waals surface area contributed by atoms with Gasteiger partial charge in [0.05, 0.1) is 19.2 Å². The Kier molecular flexibility index (Phi) is 6.74. The molecule has 176 valence electrons. The average Bonchev–Trinajstić information content (AvgIpc) is 3.50. The molecule has 2 aromatic carbocycles. The number of thiazole rings is 1. The van der Waals surface area contributed by atoms with Crippen LogP contribution in [0.5, 0.6) is 11.5 Å². The standard InChI is InChI=1S/C26H26ClN3O3S/c1-32-21-6-7-24-22(13-21)23(14-28-24)17-8-10-30(11-9-17)26(31)12-19-16-34-25(29-19)15-33-20-4-2-18(27)3-5-20/h2-7,13-14,16-17,28H,8-12,15H2,1H3. The van der Waals surface area contributed by atoms with Crippen LogP contribution in [0.1, 0.15) is 35.0 Å². The summed E-state index contributed by atoms with van der Waals surface area (Å²) in [5, 5.41) is 4.68. The summed E-state index contributed by atoms with van der Waals surface area (Å²) in [5.74, 6) is 2.17. The summed E-state index contributed by atoms with van der Waals surface area (Å²) in [4.78, 5) is 22.8. The van der Waals surface area contributed by atoms with Crippen LogP contribution in [0, 0.1) is 0 Å². The molecule has 5 rings (SSSR count). The molecule has 1 aliphatic rings. The summed E-state index contributed by atoms with van der Waals surface area (Å²) in [6.45, 7) is 1.90. The molecule has 1 fully saturated rings. The van der Waals surface area contributed by atoms with Crippen molar-refractivity contribution < 1.29 is 14.3 Å². The van der Waals surface area contributed by atoms with Crippen molar-refractivity contribution in [1.82, 2.24) is 14.9 Å². The predicted molar refractivity (Wildman–Crippen MR) is 135 cm³/mol. The molecule has 8 heteroatoms. The third-order valence-electron chi connectivity index (χ3n) is 6.32. The highest BCUT2D eigenvalue weighted by molar-refractivity contribution is 7.09. The van der Waals surface area contributed by atoms with Crippen molar-refractivity contribution >= 4 is 39.7 Å². The number of amides is 1. The predicted octanol–water partition coefficient (Wildman–Crippen LogP) is 5.81. The van der Waals surface area contributed by atoms with Gasteiger partial charge in [-0.25, -0.2) is 4.98 Å². The van der Waals surface area contributed by atoms with E-state index in [1.54, 1.807) is 19.2 Å². The van der Waals surface area contributed by atoms with Crippen LogP contribution in [-0.4, -0.2) is 41.0 Å². The van der Waals surface area contributed by atoms with Crippen molar-refractivity contribution in [3.63, 3.8) is 0 Å². The van der Waals surface area contributed by atoms with Gasteiger partial charge in [-0.1, -0.05) is 11.6 Å². The second-order valence-corrected chi connectivity index (χ2v) is 9.84. The minimum atomic E-state index is 0.134. The molecule has 0 saturated carbocycles. The first kappa shape index (κ1) is 22.7. The second kappa shape index (κ2) is 10.1. The van der Waals surface area contributed by atoms with E-state index in [0.717, 1.165) is 53.6 Å². The quantitative estimate of drug-likeness (QED) is 0.351. The van der Waals surface area contributed by atoms with Gasteiger partial charge in [0.1, 0.15) is 23.1 Å². The molecule has 1 aliphatic heterocycles. The lowest BCUT2D eigenvalue weighted by atomic mass is 9.89. The zero-order valence-electron chi connectivity index (χ0n) is 18.9. The maximum absolute atomic E-state index is 12.9. The molecule has 1 amide bonds. The number of nitrogens with zero attached hydrogens (tertiary/aromatic N) is 2. The highest BCUT2D eigenvalue weighted by atomic mass is 35.5. The number of benzene rings is 2. The molecule has 1 N–H and O–H groups in total. The number of H-pyrrole nitrogens is 1. The van der Waals surface area contributed by atoms with Crippen molar-refractivity contribution in [2.24, 2.45) is 0 Å². The van der Waals surface area contributed by atoms with Crippen molar-refractivity contribution in [3.8, 4) is 11.5 Å². The van der Waals surface area contributed by atoms with E-state index >= 15 is 0 Å². The molecule has 1 saturated heterocycles. The maximum Gasteiger partial charge on any atom is 0.228 e. The Balaban J connectivity index is 1.14. The number of hydrogen-bond donors (Lipinski definition) is 1. The number of carbonyl (C=O) groups excluding carboxylic acids is 1. The van der Waals surface area contributed by atoms with Crippen LogP contribution >= 0.6 is 22.9 Å². The van der Waals surface area contributed by atoms with Gasteiger partial charge in [0.2, 0.25) is 5.91 Å². The van der Waals surface area contributed by atoms with E-state index in [4.69, 9.17) is 21.1 Å². The van der Waals surface area contributed by atoms with Crippen LogP contribution in [0.3, 0.4) is 0 Å². The molecule has 4 aromatic rings. The number of hydrogen-bond acceptors (Lipinski definition) is 5. The van der Waals surface area contributed by atoms with Gasteiger partial charge in [-0.15, -0.1) is 11.3 Å². The Hall–Kier alpha value is -3.03. The number of ether oxygens (including phenoxy) is 2. The number of likely N-dealkylation sites (tertiary alicyclic amines) is 1. The fourth-order valence-electron chi connectivity index (χ4n) is 4.46. The molecule has 0 spiro atoms. The first-order valence-corrected chi connectivity index (χ1v) is 12.6. The zero-order valence-corrected chi connectivity index (χ0v) is 20.5. The fourth-order valence-corrected chi connectivity index (χ4v) is 5.30. The number of fused-ring (bicyclic) bond motifs is 1. The fraction of sp³-hybridized carbons (Fsp3) is 0.308. The van der Waals surface area contributed by atoms with E-state index < -0.39 is 0 Å². The Morgan fingerprint density at radius 3 is 2.71 bits per heavy atom. The average molecular weight is 496 g/mol. The summed E-state index contributed by atoms with van der Waals surface area (Å²) in [6.07, 6.45) is 4.34. The molecule has 3 heterocycles. The molecule has 0 atom stereocenters. The van der Waals surface area contributed by atoms with Crippen LogP contribution in [0.2, 0.25) is 5.02 Å². The minimum absolute atomic E-state index is 0.134. The number of halogens is 1. The van der Waals surface area contributed by atoms with Gasteiger partial charge >= 0.3 is 0 Å². The van der Waals surface area contributed by atoms with Gasteiger partial charge in [-0.05, 0) is 66.8 Å². The van der Waals surface area contributed by atoms with Gasteiger partial charge in [0.15, 0.2) is 0 Å². The Morgan fingerprint density at radius 1 is 1.18 bits per heavy atom. The molecular formula is C26H26ClN3O3S. The lowest BCUT2D eigenvalue weighted by Gasteiger charge is -2.32. The number of aromatic amines is 1. The summed E-state index contributed by atoms with van der Waals surface area (Å²) in [5.41, 5.74) is 3.23. The Labute approximate surface area is 207 Å². The number of rotatable bonds is 7. The Bertz CT molecular complexity index is 1280. The molecule has 0 radical (unpaired) electrons. The highest BCUT2D eigenvalue weighted by Crippen LogP contribution is 2.34. The first-order valence-electron chi connectivity index (χ1n) is 11.3. The highest BCUT2D eigenvalue weighted by Gasteiger charge is 2.26. The normalized spacial score (nSPS) is 14.5. The molecule has 34 heavy (non-hydrogen) atoms. The van der Waals surface area contributed by atoms with Crippen LogP contribution in [-0.2, 0) is 17.8 Å². The third-order valence-corrected chi connectivity index (χ3v) is 7.44. The molecule has 0 unspecified atom stereocenters. The second-order valence-electron chi connectivity index (χ2n) is 8.46. The van der Waals surface area contributed by atoms with E-state index in [1.807, 2.05) is 28.5 Å². The van der Waals surface area contributed by atoms with Gasteiger partial charge in [0.25, 0.3) is 0 Å². The largest absolute Gasteiger partial charge is 0.497 e. The van der Waals surface area contributed by atoms with Crippen LogP contribution < -0.4 is 9.47 Å². The topological polar surface area (TPSA) is 67.5 Å². The van der Waals surface area contributed by atoms with Gasteiger partial charge in [-0.3, -0.25) is 4.79 Å². The van der Waals surface area contributed by atoms with E-state index in [1.165, 1.54) is 22.3 Å². The SMILES string of the molecule is COc1ccc2[nH]cc(C3CCN(C(=O)Cc4csc(COc5ccc(Cl)cc5)n4)CC3)c2c1. The van der Waals surface area contributed by atoms with E-state index in [9.17, 15) is 4.79 Å². The van der Waals surface area contributed by atoms with E-state index in [0.29, 0.717) is 24.0 Å². The zero-order chi connectivity index (χ0) is 23.5. The van der Waals surface area contributed by atoms with Crippen LogP contribution in [0.4, 0.5) is 0 Å². The molecule has 0 bridgehead atoms. The maximum atomic E-state index is 12.9. The number of nitrogens with one attached hydrogen (secondary N) is 1. The minimum Gasteiger partial charge on any atom is -0.497 e. The van der Waals surface area contributed by atoms with Crippen molar-refractivity contribution in [3.05, 3.63) is 75.3 Å². The first-order chi connectivity index (χ1) is 16.6. The lowest BCUT2D eigenvalue weighted by Crippen LogP contribution is -2.38. The molecule has 6 nitrogen and oxygen atoms in total. The molecular weight excluding hydrogens is 470 g/mol. The van der Waals surface area contributed by atoms with Crippen LogP contribution in [0.15, 0.2) is 54.0 Å². The summed E-state index contributed by atoms with van der Waals surface area (Å²) in [7, 11) is 1.69. The van der Waals surface area contributed by atoms with Crippen molar-refractivity contribution in [1.29, 1.82) is 0 Å². The summed E-state index contributed by atoms with van der Waals surface area (Å²) >= 11 is 7.42. The number of aromatic nitrogens is 2. The number of carbonyl (C=O) groups is 1. The molecule has 2 aromatic heterocycles.